The zero-order chi connectivity index (χ0) is 42.3. The summed E-state index contributed by atoms with van der Waals surface area (Å²) < 4.78 is 16.7. The molecule has 0 fully saturated rings. The van der Waals surface area contributed by atoms with E-state index in [1.54, 1.807) is 0 Å². The molecule has 6 nitrogen and oxygen atoms in total. The predicted octanol–water partition coefficient (Wildman–Crippen LogP) is 16.4. The number of hydrogen-bond donors (Lipinski definition) is 0. The van der Waals surface area contributed by atoms with Gasteiger partial charge in [0.25, 0.3) is 0 Å². The van der Waals surface area contributed by atoms with Crippen LogP contribution in [0.1, 0.15) is 271 Å². The number of carbonyl (C=O) groups is 3. The van der Waals surface area contributed by atoms with Gasteiger partial charge in [0.05, 0.1) is 0 Å². The summed E-state index contributed by atoms with van der Waals surface area (Å²) in [5.41, 5.74) is 0. The molecule has 0 aliphatic heterocycles. The molecule has 1 atom stereocenters. The first kappa shape index (κ1) is 55.9. The highest BCUT2D eigenvalue weighted by Gasteiger charge is 2.19. The Morgan fingerprint density at radius 1 is 0.345 bits per heavy atom. The summed E-state index contributed by atoms with van der Waals surface area (Å²) in [5.74, 6) is -0.893. The summed E-state index contributed by atoms with van der Waals surface area (Å²) >= 11 is 0. The normalized spacial score (nSPS) is 12.1. The second-order valence-electron chi connectivity index (χ2n) is 17.1. The van der Waals surface area contributed by atoms with Crippen LogP contribution in [0.25, 0.3) is 0 Å². The Hall–Kier alpha value is -2.11. The van der Waals surface area contributed by atoms with Crippen LogP contribution in [0.4, 0.5) is 0 Å². The molecule has 0 amide bonds. The lowest BCUT2D eigenvalue weighted by atomic mass is 10.0. The van der Waals surface area contributed by atoms with E-state index in [1.165, 1.54) is 161 Å². The Labute approximate surface area is 360 Å². The van der Waals surface area contributed by atoms with Crippen molar-refractivity contribution in [2.75, 3.05) is 13.2 Å². The van der Waals surface area contributed by atoms with Crippen LogP contribution in [-0.2, 0) is 28.6 Å². The number of allylic oxidation sites excluding steroid dienone is 4. The fourth-order valence-electron chi connectivity index (χ4n) is 7.37. The molecule has 0 N–H and O–H groups in total. The van der Waals surface area contributed by atoms with Crippen molar-refractivity contribution < 1.29 is 28.6 Å². The van der Waals surface area contributed by atoms with Crippen LogP contribution in [0.3, 0.4) is 0 Å². The van der Waals surface area contributed by atoms with E-state index in [-0.39, 0.29) is 31.1 Å². The van der Waals surface area contributed by atoms with E-state index in [0.717, 1.165) is 70.6 Å². The van der Waals surface area contributed by atoms with Crippen LogP contribution >= 0.6 is 0 Å². The molecule has 0 aliphatic rings. The van der Waals surface area contributed by atoms with Crippen LogP contribution in [0, 0.1) is 0 Å². The summed E-state index contributed by atoms with van der Waals surface area (Å²) in [4.78, 5) is 37.8. The Morgan fingerprint density at radius 2 is 0.603 bits per heavy atom. The van der Waals surface area contributed by atoms with Gasteiger partial charge in [-0.25, -0.2) is 0 Å². The highest BCUT2D eigenvalue weighted by atomic mass is 16.6. The molecule has 0 saturated heterocycles. The van der Waals surface area contributed by atoms with Gasteiger partial charge in [-0.2, -0.15) is 0 Å². The molecule has 340 valence electrons. The first-order valence-electron chi connectivity index (χ1n) is 25.4. The molecule has 0 aromatic carbocycles. The lowest BCUT2D eigenvalue weighted by Gasteiger charge is -2.18. The van der Waals surface area contributed by atoms with Crippen LogP contribution in [0.5, 0.6) is 0 Å². The number of hydrogen-bond acceptors (Lipinski definition) is 6. The molecular weight excluding hydrogens is 721 g/mol. The van der Waals surface area contributed by atoms with Crippen molar-refractivity contribution in [3.8, 4) is 0 Å². The maximum Gasteiger partial charge on any atom is 0.306 e. The van der Waals surface area contributed by atoms with E-state index in [2.05, 4.69) is 45.1 Å². The highest BCUT2D eigenvalue weighted by Crippen LogP contribution is 2.16. The van der Waals surface area contributed by atoms with Crippen molar-refractivity contribution in [2.24, 2.45) is 0 Å². The van der Waals surface area contributed by atoms with E-state index in [9.17, 15) is 14.4 Å². The van der Waals surface area contributed by atoms with Gasteiger partial charge in [-0.05, 0) is 44.9 Å². The van der Waals surface area contributed by atoms with Gasteiger partial charge in [0.15, 0.2) is 6.10 Å². The Morgan fingerprint density at radius 3 is 0.931 bits per heavy atom. The maximum absolute atomic E-state index is 12.8. The van der Waals surface area contributed by atoms with E-state index >= 15 is 0 Å². The number of esters is 3. The molecule has 1 unspecified atom stereocenters. The van der Waals surface area contributed by atoms with Gasteiger partial charge in [-0.15, -0.1) is 0 Å². The van der Waals surface area contributed by atoms with Crippen molar-refractivity contribution in [3.63, 3.8) is 0 Å². The number of carbonyl (C=O) groups excluding carboxylic acids is 3. The largest absolute Gasteiger partial charge is 0.462 e. The monoisotopic (exact) mass is 817 g/mol. The third kappa shape index (κ3) is 45.0. The van der Waals surface area contributed by atoms with Gasteiger partial charge in [-0.3, -0.25) is 14.4 Å². The second kappa shape index (κ2) is 47.6. The van der Waals surface area contributed by atoms with Crippen molar-refractivity contribution in [1.82, 2.24) is 0 Å². The molecule has 0 rings (SSSR count). The third-order valence-corrected chi connectivity index (χ3v) is 11.2. The summed E-state index contributed by atoms with van der Waals surface area (Å²) in [6, 6.07) is 0. The van der Waals surface area contributed by atoms with Crippen molar-refractivity contribution >= 4 is 17.9 Å². The minimum Gasteiger partial charge on any atom is -0.462 e. The molecule has 0 aliphatic carbocycles. The summed E-state index contributed by atoms with van der Waals surface area (Å²) in [6.45, 7) is 6.61. The number of ether oxygens (including phenoxy) is 3. The second-order valence-corrected chi connectivity index (χ2v) is 17.1. The minimum absolute atomic E-state index is 0.0754. The SMILES string of the molecule is CCCCCCCCC/C=C\C=C/CCCCCC(=O)OCC(COC(=O)CCCCCCCCCCC)OC(=O)CCCCCCCCCCCCCCCCC. The van der Waals surface area contributed by atoms with Crippen LogP contribution in [0.2, 0.25) is 0 Å². The molecule has 0 aromatic heterocycles. The smallest absolute Gasteiger partial charge is 0.306 e. The lowest BCUT2D eigenvalue weighted by molar-refractivity contribution is -0.167. The fourth-order valence-corrected chi connectivity index (χ4v) is 7.37. The topological polar surface area (TPSA) is 78.9 Å². The zero-order valence-corrected chi connectivity index (χ0v) is 38.8. The molecule has 0 spiro atoms. The lowest BCUT2D eigenvalue weighted by Crippen LogP contribution is -2.30. The van der Waals surface area contributed by atoms with Gasteiger partial charge in [-0.1, -0.05) is 231 Å². The Kier molecular flexibility index (Phi) is 45.8. The molecule has 0 aromatic rings. The van der Waals surface area contributed by atoms with Crippen LogP contribution < -0.4 is 0 Å². The van der Waals surface area contributed by atoms with Gasteiger partial charge in [0.1, 0.15) is 13.2 Å². The van der Waals surface area contributed by atoms with Crippen molar-refractivity contribution in [2.45, 2.75) is 277 Å². The van der Waals surface area contributed by atoms with Gasteiger partial charge >= 0.3 is 17.9 Å². The quantitative estimate of drug-likeness (QED) is 0.0263. The molecule has 0 heterocycles. The standard InChI is InChI=1S/C52H96O6/c1-4-7-10-13-16-19-21-23-25-27-28-30-33-36-39-42-45-51(54)57-48-49(47-56-50(53)44-41-38-35-32-18-15-12-9-6-3)58-52(55)46-43-40-37-34-31-29-26-24-22-20-17-14-11-8-5-2/h25,27-28,30,49H,4-24,26,29,31-48H2,1-3H3/b27-25-,30-28-. The zero-order valence-electron chi connectivity index (χ0n) is 38.8. The Bertz CT molecular complexity index is 942. The van der Waals surface area contributed by atoms with Gasteiger partial charge < -0.3 is 14.2 Å². The van der Waals surface area contributed by atoms with Crippen LogP contribution in [0.15, 0.2) is 24.3 Å². The van der Waals surface area contributed by atoms with Crippen molar-refractivity contribution in [1.29, 1.82) is 0 Å². The maximum atomic E-state index is 12.8. The van der Waals surface area contributed by atoms with E-state index < -0.39 is 6.10 Å². The average molecular weight is 817 g/mol. The predicted molar refractivity (Wildman–Crippen MR) is 247 cm³/mol. The fraction of sp³-hybridized carbons (Fsp3) is 0.865. The first-order valence-corrected chi connectivity index (χ1v) is 25.4. The minimum atomic E-state index is -0.774. The number of unbranched alkanes of at least 4 members (excludes halogenated alkanes) is 32. The third-order valence-electron chi connectivity index (χ3n) is 11.2. The average Bonchev–Trinajstić information content (AvgIpc) is 3.22. The summed E-state index contributed by atoms with van der Waals surface area (Å²) in [6.07, 6.45) is 53.1. The molecular formula is C52H96O6. The highest BCUT2D eigenvalue weighted by molar-refractivity contribution is 5.71. The van der Waals surface area contributed by atoms with E-state index in [4.69, 9.17) is 14.2 Å². The molecule has 0 bridgehead atoms. The molecule has 0 radical (unpaired) electrons. The molecule has 58 heavy (non-hydrogen) atoms. The van der Waals surface area contributed by atoms with Crippen LogP contribution in [-0.4, -0.2) is 37.2 Å². The molecule has 6 heteroatoms. The van der Waals surface area contributed by atoms with Crippen molar-refractivity contribution in [3.05, 3.63) is 24.3 Å². The van der Waals surface area contributed by atoms with Gasteiger partial charge in [0.2, 0.25) is 0 Å². The molecule has 0 saturated carbocycles. The van der Waals surface area contributed by atoms with Gasteiger partial charge in [0, 0.05) is 19.3 Å². The Balaban J connectivity index is 4.34. The summed E-state index contributed by atoms with van der Waals surface area (Å²) in [5, 5.41) is 0. The van der Waals surface area contributed by atoms with E-state index in [0.29, 0.717) is 19.3 Å². The summed E-state index contributed by atoms with van der Waals surface area (Å²) in [7, 11) is 0. The first-order chi connectivity index (χ1) is 28.5. The van der Waals surface area contributed by atoms with E-state index in [1.807, 2.05) is 0 Å². The number of rotatable bonds is 46.